The summed E-state index contributed by atoms with van der Waals surface area (Å²) in [5, 5.41) is 4.47. The van der Waals surface area contributed by atoms with Crippen LogP contribution in [-0.4, -0.2) is 64.2 Å². The number of carbonyl (C=O) groups is 2. The zero-order valence-electron chi connectivity index (χ0n) is 18.8. The Morgan fingerprint density at radius 2 is 1.87 bits per heavy atom. The van der Waals surface area contributed by atoms with Gasteiger partial charge in [0.15, 0.2) is 5.69 Å². The van der Waals surface area contributed by atoms with Crippen LogP contribution in [0.5, 0.6) is 0 Å². The number of amides is 2. The maximum Gasteiger partial charge on any atom is 0.274 e. The van der Waals surface area contributed by atoms with Crippen LogP contribution in [0.3, 0.4) is 0 Å². The quantitative estimate of drug-likeness (QED) is 0.740. The summed E-state index contributed by atoms with van der Waals surface area (Å²) in [6.45, 7) is 1.85. The zero-order chi connectivity index (χ0) is 22.0. The molecule has 0 saturated carbocycles. The highest BCUT2D eigenvalue weighted by Gasteiger charge is 2.42. The lowest BCUT2D eigenvalue weighted by atomic mass is 9.83. The number of piperidine rings is 1. The van der Waals surface area contributed by atoms with Gasteiger partial charge in [-0.05, 0) is 31.2 Å². The van der Waals surface area contributed by atoms with Crippen molar-refractivity contribution in [2.45, 2.75) is 50.7 Å². The molecule has 1 saturated heterocycles. The van der Waals surface area contributed by atoms with Crippen LogP contribution in [-0.2, 0) is 36.0 Å². The molecular weight excluding hydrogens is 392 g/mol. The first-order valence-corrected chi connectivity index (χ1v) is 11.1. The molecule has 7 nitrogen and oxygen atoms in total. The molecule has 0 bridgehead atoms. The number of rotatable bonds is 5. The summed E-state index contributed by atoms with van der Waals surface area (Å²) < 4.78 is 8.15. The van der Waals surface area contributed by atoms with Crippen molar-refractivity contribution in [2.75, 3.05) is 27.2 Å². The van der Waals surface area contributed by atoms with Crippen LogP contribution in [0, 0.1) is 0 Å². The predicted octanol–water partition coefficient (Wildman–Crippen LogP) is 2.58. The Morgan fingerprint density at radius 3 is 2.55 bits per heavy atom. The van der Waals surface area contributed by atoms with Crippen molar-refractivity contribution in [3.05, 3.63) is 52.8 Å². The van der Waals surface area contributed by atoms with Crippen LogP contribution in [0.2, 0.25) is 0 Å². The Labute approximate surface area is 184 Å². The molecule has 2 aliphatic heterocycles. The van der Waals surface area contributed by atoms with E-state index >= 15 is 0 Å². The van der Waals surface area contributed by atoms with E-state index in [-0.39, 0.29) is 17.4 Å². The molecule has 2 aromatic rings. The fourth-order valence-corrected chi connectivity index (χ4v) is 4.67. The molecule has 166 valence electrons. The molecule has 2 aliphatic rings. The summed E-state index contributed by atoms with van der Waals surface area (Å²) in [4.78, 5) is 28.7. The van der Waals surface area contributed by atoms with Gasteiger partial charge < -0.3 is 14.5 Å². The number of nitrogens with zero attached hydrogens (tertiary/aromatic N) is 4. The molecule has 1 aromatic heterocycles. The third-order valence-electron chi connectivity index (χ3n) is 6.62. The molecule has 7 heteroatoms. The lowest BCUT2D eigenvalue weighted by molar-refractivity contribution is -0.141. The largest absolute Gasteiger partial charge is 0.370 e. The number of hydrogen-bond acceptors (Lipinski definition) is 4. The molecule has 3 heterocycles. The van der Waals surface area contributed by atoms with Gasteiger partial charge in [-0.3, -0.25) is 14.3 Å². The van der Waals surface area contributed by atoms with Crippen LogP contribution in [0.25, 0.3) is 0 Å². The van der Waals surface area contributed by atoms with Crippen molar-refractivity contribution in [1.29, 1.82) is 0 Å². The van der Waals surface area contributed by atoms with Crippen molar-refractivity contribution in [2.24, 2.45) is 7.05 Å². The van der Waals surface area contributed by atoms with E-state index < -0.39 is 0 Å². The maximum absolute atomic E-state index is 12.7. The topological polar surface area (TPSA) is 67.7 Å². The molecule has 31 heavy (non-hydrogen) atoms. The monoisotopic (exact) mass is 424 g/mol. The van der Waals surface area contributed by atoms with E-state index in [1.807, 2.05) is 34.8 Å². The molecule has 0 N–H and O–H groups in total. The zero-order valence-corrected chi connectivity index (χ0v) is 18.8. The number of aryl methyl sites for hydroxylation is 2. The highest BCUT2D eigenvalue weighted by atomic mass is 16.5. The summed E-state index contributed by atoms with van der Waals surface area (Å²) in [6, 6.07) is 10.3. The molecule has 1 aromatic carbocycles. The molecule has 0 radical (unpaired) electrons. The van der Waals surface area contributed by atoms with E-state index in [1.54, 1.807) is 19.0 Å². The Balaban J connectivity index is 1.33. The summed E-state index contributed by atoms with van der Waals surface area (Å²) in [5.74, 6) is 0.147. The fraction of sp³-hybridized carbons (Fsp3) is 0.542. The van der Waals surface area contributed by atoms with Gasteiger partial charge >= 0.3 is 0 Å². The second kappa shape index (κ2) is 8.83. The summed E-state index contributed by atoms with van der Waals surface area (Å²) >= 11 is 0. The van der Waals surface area contributed by atoms with Crippen molar-refractivity contribution in [3.8, 4) is 0 Å². The third kappa shape index (κ3) is 4.51. The van der Waals surface area contributed by atoms with Crippen molar-refractivity contribution in [1.82, 2.24) is 19.6 Å². The van der Waals surface area contributed by atoms with Gasteiger partial charge in [0.05, 0.1) is 12.2 Å². The fourth-order valence-electron chi connectivity index (χ4n) is 4.67. The normalized spacial score (nSPS) is 17.5. The van der Waals surface area contributed by atoms with Crippen LogP contribution in [0.15, 0.2) is 30.3 Å². The Hall–Kier alpha value is -2.67. The van der Waals surface area contributed by atoms with Gasteiger partial charge in [0.2, 0.25) is 5.91 Å². The van der Waals surface area contributed by atoms with Gasteiger partial charge in [0, 0.05) is 58.3 Å². The highest BCUT2D eigenvalue weighted by molar-refractivity contribution is 5.93. The van der Waals surface area contributed by atoms with E-state index in [2.05, 4.69) is 17.2 Å². The average molecular weight is 425 g/mol. The molecule has 1 spiro atoms. The van der Waals surface area contributed by atoms with Crippen molar-refractivity contribution < 1.29 is 14.3 Å². The number of benzene rings is 1. The van der Waals surface area contributed by atoms with Gasteiger partial charge in [0.25, 0.3) is 5.91 Å². The van der Waals surface area contributed by atoms with Gasteiger partial charge in [-0.1, -0.05) is 30.3 Å². The maximum atomic E-state index is 12.7. The van der Waals surface area contributed by atoms with Gasteiger partial charge in [-0.2, -0.15) is 5.10 Å². The van der Waals surface area contributed by atoms with Crippen molar-refractivity contribution in [3.63, 3.8) is 0 Å². The van der Waals surface area contributed by atoms with Gasteiger partial charge in [-0.15, -0.1) is 0 Å². The minimum absolute atomic E-state index is 0.0904. The Bertz CT molecular complexity index is 943. The molecular formula is C24H32N4O3. The van der Waals surface area contributed by atoms with E-state index in [1.165, 1.54) is 5.56 Å². The summed E-state index contributed by atoms with van der Waals surface area (Å²) in [5.41, 5.74) is 3.50. The van der Waals surface area contributed by atoms with Gasteiger partial charge in [-0.25, -0.2) is 0 Å². The molecule has 2 amide bonds. The van der Waals surface area contributed by atoms with E-state index in [0.29, 0.717) is 18.7 Å². The summed E-state index contributed by atoms with van der Waals surface area (Å²) in [7, 11) is 5.37. The molecule has 1 fully saturated rings. The van der Waals surface area contributed by atoms with Crippen LogP contribution >= 0.6 is 0 Å². The summed E-state index contributed by atoms with van der Waals surface area (Å²) in [6.07, 6.45) is 4.78. The van der Waals surface area contributed by atoms with Crippen molar-refractivity contribution >= 4 is 11.8 Å². The lowest BCUT2D eigenvalue weighted by Crippen LogP contribution is -2.50. The van der Waals surface area contributed by atoms with Crippen LogP contribution < -0.4 is 0 Å². The minimum atomic E-state index is -0.264. The third-order valence-corrected chi connectivity index (χ3v) is 6.62. The number of hydrogen-bond donors (Lipinski definition) is 0. The number of ether oxygens (including phenoxy) is 1. The number of carbonyl (C=O) groups excluding carboxylic acids is 2. The predicted molar refractivity (Wildman–Crippen MR) is 118 cm³/mol. The Kier molecular flexibility index (Phi) is 6.14. The van der Waals surface area contributed by atoms with E-state index in [0.717, 1.165) is 56.5 Å². The standard InChI is InChI=1S/C24H32N4O3/c1-26(2)23(30)22-19-17-31-24(16-20(19)27(3)25-22)12-14-28(15-13-24)21(29)11-7-10-18-8-5-4-6-9-18/h4-6,8-9H,7,10-17H2,1-3H3. The second-order valence-corrected chi connectivity index (χ2v) is 8.97. The van der Waals surface area contributed by atoms with E-state index in [4.69, 9.17) is 4.74 Å². The number of fused-ring (bicyclic) bond motifs is 1. The average Bonchev–Trinajstić information content (AvgIpc) is 3.09. The van der Waals surface area contributed by atoms with Gasteiger partial charge in [0.1, 0.15) is 0 Å². The highest BCUT2D eigenvalue weighted by Crippen LogP contribution is 2.37. The first kappa shape index (κ1) is 21.6. The Morgan fingerprint density at radius 1 is 1.16 bits per heavy atom. The first-order chi connectivity index (χ1) is 14.9. The molecule has 0 aliphatic carbocycles. The molecule has 0 unspecified atom stereocenters. The molecule has 4 rings (SSSR count). The van der Waals surface area contributed by atoms with Crippen LogP contribution in [0.1, 0.15) is 53.0 Å². The first-order valence-electron chi connectivity index (χ1n) is 11.1. The lowest BCUT2D eigenvalue weighted by Gasteiger charge is -2.44. The second-order valence-electron chi connectivity index (χ2n) is 8.97. The van der Waals surface area contributed by atoms with E-state index in [9.17, 15) is 9.59 Å². The smallest absolute Gasteiger partial charge is 0.274 e. The number of likely N-dealkylation sites (tertiary alicyclic amines) is 1. The SMILES string of the molecule is CN(C)C(=O)c1nn(C)c2c1COC1(CCN(C(=O)CCCc3ccccc3)CC1)C2. The minimum Gasteiger partial charge on any atom is -0.370 e. The van der Waals surface area contributed by atoms with Crippen LogP contribution in [0.4, 0.5) is 0 Å². The molecule has 0 atom stereocenters. The number of aromatic nitrogens is 2.